The molecule has 2 aromatic heterocycles. The summed E-state index contributed by atoms with van der Waals surface area (Å²) >= 11 is 2.80. The number of nitrogens with zero attached hydrogens (tertiary/aromatic N) is 2. The lowest BCUT2D eigenvalue weighted by Crippen LogP contribution is -2.36. The molecule has 1 aromatic carbocycles. The van der Waals surface area contributed by atoms with E-state index in [1.54, 1.807) is 11.4 Å². The maximum Gasteiger partial charge on any atom is 0.258 e. The summed E-state index contributed by atoms with van der Waals surface area (Å²) in [6.45, 7) is 0.709. The lowest BCUT2D eigenvalue weighted by atomic mass is 10.2. The maximum absolute atomic E-state index is 12.7. The van der Waals surface area contributed by atoms with Crippen molar-refractivity contribution in [2.45, 2.75) is 18.7 Å². The number of benzene rings is 1. The number of thiazole rings is 1. The highest BCUT2D eigenvalue weighted by Crippen LogP contribution is 2.30. The van der Waals surface area contributed by atoms with Crippen LogP contribution in [-0.2, 0) is 28.7 Å². The van der Waals surface area contributed by atoms with E-state index in [4.69, 9.17) is 0 Å². The van der Waals surface area contributed by atoms with Crippen molar-refractivity contribution in [3.8, 4) is 0 Å². The van der Waals surface area contributed by atoms with Gasteiger partial charge in [0.2, 0.25) is 10.0 Å². The fourth-order valence-corrected chi connectivity index (χ4v) is 6.13. The minimum absolute atomic E-state index is 0.0102. The molecule has 0 fully saturated rings. The van der Waals surface area contributed by atoms with E-state index in [0.29, 0.717) is 30.2 Å². The monoisotopic (exact) mass is 419 g/mol. The molecule has 1 N–H and O–H groups in total. The van der Waals surface area contributed by atoms with Gasteiger partial charge in [0.25, 0.3) is 5.91 Å². The quantitative estimate of drug-likeness (QED) is 0.688. The second-order valence-electron chi connectivity index (χ2n) is 6.18. The maximum atomic E-state index is 12.7. The van der Waals surface area contributed by atoms with E-state index in [9.17, 15) is 13.2 Å². The van der Waals surface area contributed by atoms with E-state index < -0.39 is 10.0 Å². The number of aromatic nitrogens is 1. The van der Waals surface area contributed by atoms with Gasteiger partial charge in [-0.2, -0.15) is 15.6 Å². The Labute approximate surface area is 165 Å². The summed E-state index contributed by atoms with van der Waals surface area (Å²) in [4.78, 5) is 17.5. The number of carbonyl (C=O) groups is 1. The third-order valence-electron chi connectivity index (χ3n) is 4.29. The topological polar surface area (TPSA) is 79.4 Å². The molecule has 0 radical (unpaired) electrons. The molecular formula is C18H17N3O3S3. The Morgan fingerprint density at radius 2 is 2.04 bits per heavy atom. The molecule has 1 aliphatic rings. The number of nitrogens with one attached hydrogen (secondary N) is 1. The smallest absolute Gasteiger partial charge is 0.258 e. The van der Waals surface area contributed by atoms with Crippen molar-refractivity contribution < 1.29 is 13.2 Å². The van der Waals surface area contributed by atoms with Crippen molar-refractivity contribution in [3.05, 3.63) is 68.9 Å². The van der Waals surface area contributed by atoms with E-state index in [-0.39, 0.29) is 11.7 Å². The minimum atomic E-state index is -3.40. The van der Waals surface area contributed by atoms with Gasteiger partial charge in [0.1, 0.15) is 0 Å². The molecule has 6 nitrogen and oxygen atoms in total. The highest BCUT2D eigenvalue weighted by Gasteiger charge is 2.29. The normalized spacial score (nSPS) is 14.7. The molecule has 3 aromatic rings. The highest BCUT2D eigenvalue weighted by atomic mass is 32.2. The zero-order chi connectivity index (χ0) is 18.9. The summed E-state index contributed by atoms with van der Waals surface area (Å²) in [6, 6.07) is 10.9. The SMILES string of the molecule is O=C(Nc1nc2c(s1)CN(S(=O)(=O)Cc1ccccc1)CC2)c1ccsc1. The first-order chi connectivity index (χ1) is 13.0. The first-order valence-electron chi connectivity index (χ1n) is 8.35. The Morgan fingerprint density at radius 1 is 1.22 bits per heavy atom. The number of rotatable bonds is 5. The number of amides is 1. The van der Waals surface area contributed by atoms with Gasteiger partial charge in [0.05, 0.1) is 17.0 Å². The molecule has 0 spiro atoms. The molecule has 0 saturated carbocycles. The van der Waals surface area contributed by atoms with Gasteiger partial charge in [-0.3, -0.25) is 10.1 Å². The Morgan fingerprint density at radius 3 is 2.78 bits per heavy atom. The molecule has 0 saturated heterocycles. The van der Waals surface area contributed by atoms with Crippen molar-refractivity contribution in [2.24, 2.45) is 0 Å². The Hall–Kier alpha value is -2.07. The molecule has 4 rings (SSSR count). The van der Waals surface area contributed by atoms with Crippen LogP contribution < -0.4 is 5.32 Å². The van der Waals surface area contributed by atoms with Crippen molar-refractivity contribution in [2.75, 3.05) is 11.9 Å². The summed E-state index contributed by atoms with van der Waals surface area (Å²) in [5.41, 5.74) is 2.24. The van der Waals surface area contributed by atoms with Gasteiger partial charge >= 0.3 is 0 Å². The van der Waals surface area contributed by atoms with E-state index >= 15 is 0 Å². The van der Waals surface area contributed by atoms with Crippen LogP contribution in [0.3, 0.4) is 0 Å². The average molecular weight is 420 g/mol. The zero-order valence-electron chi connectivity index (χ0n) is 14.3. The van der Waals surface area contributed by atoms with Crippen LogP contribution in [0.25, 0.3) is 0 Å². The average Bonchev–Trinajstić information content (AvgIpc) is 3.31. The molecule has 0 bridgehead atoms. The summed E-state index contributed by atoms with van der Waals surface area (Å²) in [6.07, 6.45) is 0.550. The van der Waals surface area contributed by atoms with E-state index in [0.717, 1.165) is 16.1 Å². The van der Waals surface area contributed by atoms with Crippen molar-refractivity contribution in [3.63, 3.8) is 0 Å². The van der Waals surface area contributed by atoms with Crippen LogP contribution in [-0.4, -0.2) is 30.2 Å². The predicted octanol–water partition coefficient (Wildman–Crippen LogP) is 3.35. The zero-order valence-corrected chi connectivity index (χ0v) is 16.7. The van der Waals surface area contributed by atoms with Crippen LogP contribution in [0.1, 0.15) is 26.5 Å². The lowest BCUT2D eigenvalue weighted by Gasteiger charge is -2.25. The molecular weight excluding hydrogens is 402 g/mol. The van der Waals surface area contributed by atoms with Gasteiger partial charge in [0, 0.05) is 29.8 Å². The number of thiophene rings is 1. The van der Waals surface area contributed by atoms with Gasteiger partial charge < -0.3 is 0 Å². The predicted molar refractivity (Wildman–Crippen MR) is 108 cm³/mol. The third-order valence-corrected chi connectivity index (χ3v) is 7.76. The van der Waals surface area contributed by atoms with Crippen molar-refractivity contribution in [1.82, 2.24) is 9.29 Å². The first-order valence-corrected chi connectivity index (χ1v) is 11.7. The molecule has 0 aliphatic carbocycles. The van der Waals surface area contributed by atoms with Crippen LogP contribution in [0.2, 0.25) is 0 Å². The van der Waals surface area contributed by atoms with Crippen LogP contribution >= 0.6 is 22.7 Å². The van der Waals surface area contributed by atoms with Crippen molar-refractivity contribution >= 4 is 43.7 Å². The fourth-order valence-electron chi connectivity index (χ4n) is 2.90. The summed E-state index contributed by atoms with van der Waals surface area (Å²) in [5, 5.41) is 6.94. The van der Waals surface area contributed by atoms with Crippen LogP contribution in [0.4, 0.5) is 5.13 Å². The highest BCUT2D eigenvalue weighted by molar-refractivity contribution is 7.88. The van der Waals surface area contributed by atoms with Gasteiger partial charge in [-0.25, -0.2) is 13.4 Å². The molecule has 1 aliphatic heterocycles. The first kappa shape index (κ1) is 18.3. The fraction of sp³-hybridized carbons (Fsp3) is 0.222. The molecule has 27 heavy (non-hydrogen) atoms. The Balaban J connectivity index is 1.47. The van der Waals surface area contributed by atoms with Gasteiger partial charge in [-0.1, -0.05) is 30.3 Å². The number of hydrogen-bond donors (Lipinski definition) is 1. The van der Waals surface area contributed by atoms with Crippen LogP contribution in [0.15, 0.2) is 47.2 Å². The number of anilines is 1. The number of hydrogen-bond acceptors (Lipinski definition) is 6. The summed E-state index contributed by atoms with van der Waals surface area (Å²) in [7, 11) is -3.40. The molecule has 3 heterocycles. The molecule has 140 valence electrons. The van der Waals surface area contributed by atoms with E-state index in [1.165, 1.54) is 27.0 Å². The van der Waals surface area contributed by atoms with Gasteiger partial charge in [-0.15, -0.1) is 11.3 Å². The van der Waals surface area contributed by atoms with Crippen LogP contribution in [0.5, 0.6) is 0 Å². The van der Waals surface area contributed by atoms with Crippen molar-refractivity contribution in [1.29, 1.82) is 0 Å². The van der Waals surface area contributed by atoms with Gasteiger partial charge in [-0.05, 0) is 17.0 Å². The molecule has 0 unspecified atom stereocenters. The standard InChI is InChI=1S/C18H17N3O3S3/c22-17(14-7-9-25-11-14)20-18-19-15-6-8-21(10-16(15)26-18)27(23,24)12-13-4-2-1-3-5-13/h1-5,7,9,11H,6,8,10,12H2,(H,19,20,22). The molecule has 0 atom stereocenters. The minimum Gasteiger partial charge on any atom is -0.298 e. The molecule has 9 heteroatoms. The number of sulfonamides is 1. The largest absolute Gasteiger partial charge is 0.298 e. The Bertz CT molecular complexity index is 1040. The van der Waals surface area contributed by atoms with E-state index in [2.05, 4.69) is 10.3 Å². The molecule has 1 amide bonds. The second-order valence-corrected chi connectivity index (χ2v) is 10.0. The lowest BCUT2D eigenvalue weighted by molar-refractivity contribution is 0.102. The number of carbonyl (C=O) groups excluding carboxylic acids is 1. The van der Waals surface area contributed by atoms with E-state index in [1.807, 2.05) is 35.7 Å². The third kappa shape index (κ3) is 4.11. The van der Waals surface area contributed by atoms with Gasteiger partial charge in [0.15, 0.2) is 5.13 Å². The summed E-state index contributed by atoms with van der Waals surface area (Å²) < 4.78 is 27.0. The summed E-state index contributed by atoms with van der Waals surface area (Å²) in [5.74, 6) is -0.208. The second kappa shape index (κ2) is 7.51. The van der Waals surface area contributed by atoms with Crippen LogP contribution in [0, 0.1) is 0 Å². The Kier molecular flexibility index (Phi) is 5.09. The number of fused-ring (bicyclic) bond motifs is 1.